The Morgan fingerprint density at radius 2 is 2.46 bits per heavy atom. The maximum Gasteiger partial charge on any atom is 0.321 e. The third kappa shape index (κ3) is 3.97. The van der Waals surface area contributed by atoms with Gasteiger partial charge in [-0.25, -0.2) is 0 Å². The topological polar surface area (TPSA) is 72.5 Å². The van der Waals surface area contributed by atoms with Gasteiger partial charge in [0.05, 0.1) is 0 Å². The second-order valence-corrected chi connectivity index (χ2v) is 4.27. The van der Waals surface area contributed by atoms with E-state index in [2.05, 4.69) is 0 Å². The van der Waals surface area contributed by atoms with Crippen molar-refractivity contribution in [2.75, 3.05) is 12.4 Å². The zero-order chi connectivity index (χ0) is 9.68. The quantitative estimate of drug-likeness (QED) is 0.705. The second-order valence-electron chi connectivity index (χ2n) is 3.07. The Balaban J connectivity index is 2.13. The summed E-state index contributed by atoms with van der Waals surface area (Å²) in [5, 5.41) is 8.53. The van der Waals surface area contributed by atoms with E-state index in [0.717, 1.165) is 19.4 Å². The van der Waals surface area contributed by atoms with Crippen LogP contribution in [0.15, 0.2) is 0 Å². The van der Waals surface area contributed by atoms with Crippen LogP contribution in [-0.4, -0.2) is 34.9 Å². The Morgan fingerprint density at radius 3 is 3.00 bits per heavy atom. The van der Waals surface area contributed by atoms with E-state index in [0.29, 0.717) is 5.75 Å². The number of ether oxygens (including phenoxy) is 1. The Hall–Kier alpha value is -0.260. The summed E-state index contributed by atoms with van der Waals surface area (Å²) in [6, 6.07) is -0.768. The van der Waals surface area contributed by atoms with Crippen molar-refractivity contribution < 1.29 is 14.6 Å². The van der Waals surface area contributed by atoms with Crippen molar-refractivity contribution in [3.05, 3.63) is 0 Å². The Kier molecular flexibility index (Phi) is 4.55. The standard InChI is InChI=1S/C8H15NO3S/c9-6(8(10)11)5-13-7-3-1-2-4-12-7/h6-7H,1-5,9H2,(H,10,11)/t6-,7?/m0/s1. The Labute approximate surface area is 81.8 Å². The lowest BCUT2D eigenvalue weighted by molar-refractivity contribution is -0.137. The highest BCUT2D eigenvalue weighted by Gasteiger charge is 2.18. The van der Waals surface area contributed by atoms with E-state index in [1.807, 2.05) is 0 Å². The Bertz CT molecular complexity index is 171. The first kappa shape index (κ1) is 10.8. The highest BCUT2D eigenvalue weighted by molar-refractivity contribution is 7.99. The minimum atomic E-state index is -0.941. The average Bonchev–Trinajstić information content (AvgIpc) is 2.15. The Morgan fingerprint density at radius 1 is 1.69 bits per heavy atom. The molecule has 1 heterocycles. The fraction of sp³-hybridized carbons (Fsp3) is 0.875. The molecule has 0 bridgehead atoms. The van der Waals surface area contributed by atoms with Crippen molar-refractivity contribution in [1.82, 2.24) is 0 Å². The van der Waals surface area contributed by atoms with Crippen LogP contribution in [0.1, 0.15) is 19.3 Å². The van der Waals surface area contributed by atoms with Gasteiger partial charge in [-0.3, -0.25) is 4.79 Å². The van der Waals surface area contributed by atoms with Gasteiger partial charge in [-0.1, -0.05) is 0 Å². The van der Waals surface area contributed by atoms with Crippen molar-refractivity contribution in [3.63, 3.8) is 0 Å². The predicted octanol–water partition coefficient (Wildman–Crippen LogP) is 0.658. The van der Waals surface area contributed by atoms with Gasteiger partial charge in [0.2, 0.25) is 0 Å². The zero-order valence-electron chi connectivity index (χ0n) is 7.44. The van der Waals surface area contributed by atoms with Crippen molar-refractivity contribution in [2.45, 2.75) is 30.7 Å². The van der Waals surface area contributed by atoms with Crippen LogP contribution in [0.3, 0.4) is 0 Å². The molecule has 13 heavy (non-hydrogen) atoms. The molecule has 3 N–H and O–H groups in total. The number of carbonyl (C=O) groups is 1. The van der Waals surface area contributed by atoms with Gasteiger partial charge in [0.25, 0.3) is 0 Å². The molecular formula is C8H15NO3S. The first-order valence-electron chi connectivity index (χ1n) is 4.41. The molecule has 0 aliphatic carbocycles. The predicted molar refractivity (Wildman–Crippen MR) is 51.7 cm³/mol. The van der Waals surface area contributed by atoms with Gasteiger partial charge in [0.15, 0.2) is 0 Å². The summed E-state index contributed by atoms with van der Waals surface area (Å²) in [7, 11) is 0. The lowest BCUT2D eigenvalue weighted by Gasteiger charge is -2.22. The maximum atomic E-state index is 10.4. The van der Waals surface area contributed by atoms with Crippen molar-refractivity contribution in [1.29, 1.82) is 0 Å². The lowest BCUT2D eigenvalue weighted by atomic mass is 10.2. The third-order valence-electron chi connectivity index (χ3n) is 1.92. The number of nitrogens with two attached hydrogens (primary N) is 1. The molecule has 1 unspecified atom stereocenters. The average molecular weight is 205 g/mol. The normalized spacial score (nSPS) is 25.5. The van der Waals surface area contributed by atoms with Gasteiger partial charge in [0, 0.05) is 12.4 Å². The molecule has 0 aromatic rings. The molecule has 2 atom stereocenters. The lowest BCUT2D eigenvalue weighted by Crippen LogP contribution is -2.33. The van der Waals surface area contributed by atoms with Crippen molar-refractivity contribution in [2.24, 2.45) is 5.73 Å². The molecule has 5 heteroatoms. The van der Waals surface area contributed by atoms with Crippen LogP contribution < -0.4 is 5.73 Å². The van der Waals surface area contributed by atoms with Crippen LogP contribution in [0.2, 0.25) is 0 Å². The number of hydrogen-bond acceptors (Lipinski definition) is 4. The van der Waals surface area contributed by atoms with Gasteiger partial charge in [-0.15, -0.1) is 11.8 Å². The molecule has 0 aromatic heterocycles. The molecule has 0 aromatic carbocycles. The summed E-state index contributed by atoms with van der Waals surface area (Å²) in [4.78, 5) is 10.4. The molecule has 1 aliphatic rings. The van der Waals surface area contributed by atoms with Crippen LogP contribution in [0.5, 0.6) is 0 Å². The van der Waals surface area contributed by atoms with Crippen molar-refractivity contribution in [3.8, 4) is 0 Å². The van der Waals surface area contributed by atoms with E-state index in [1.165, 1.54) is 18.2 Å². The largest absolute Gasteiger partial charge is 0.480 e. The van der Waals surface area contributed by atoms with E-state index in [9.17, 15) is 4.79 Å². The molecule has 0 radical (unpaired) electrons. The highest BCUT2D eigenvalue weighted by atomic mass is 32.2. The fourth-order valence-corrected chi connectivity index (χ4v) is 2.22. The molecular weight excluding hydrogens is 190 g/mol. The second kappa shape index (κ2) is 5.47. The van der Waals surface area contributed by atoms with E-state index >= 15 is 0 Å². The molecule has 0 saturated carbocycles. The molecule has 1 saturated heterocycles. The molecule has 4 nitrogen and oxygen atoms in total. The highest BCUT2D eigenvalue weighted by Crippen LogP contribution is 2.23. The fourth-order valence-electron chi connectivity index (χ4n) is 1.12. The number of aliphatic carboxylic acids is 1. The van der Waals surface area contributed by atoms with Crippen LogP contribution in [0.4, 0.5) is 0 Å². The number of carboxylic acid groups (broad SMARTS) is 1. The summed E-state index contributed by atoms with van der Waals surface area (Å²) in [5.41, 5.74) is 5.51. The van der Waals surface area contributed by atoms with Gasteiger partial charge in [-0.05, 0) is 19.3 Å². The summed E-state index contributed by atoms with van der Waals surface area (Å²) in [6.07, 6.45) is 3.29. The van der Waals surface area contributed by atoms with E-state index in [1.54, 1.807) is 0 Å². The molecule has 0 amide bonds. The molecule has 1 rings (SSSR count). The van der Waals surface area contributed by atoms with E-state index in [4.69, 9.17) is 15.6 Å². The smallest absolute Gasteiger partial charge is 0.321 e. The van der Waals surface area contributed by atoms with Gasteiger partial charge < -0.3 is 15.6 Å². The number of carboxylic acids is 1. The van der Waals surface area contributed by atoms with Crippen LogP contribution in [-0.2, 0) is 9.53 Å². The minimum Gasteiger partial charge on any atom is -0.480 e. The zero-order valence-corrected chi connectivity index (χ0v) is 8.26. The van der Waals surface area contributed by atoms with Gasteiger partial charge in [-0.2, -0.15) is 0 Å². The van der Waals surface area contributed by atoms with Gasteiger partial charge >= 0.3 is 5.97 Å². The summed E-state index contributed by atoms with van der Waals surface area (Å²) < 4.78 is 5.42. The summed E-state index contributed by atoms with van der Waals surface area (Å²) in [6.45, 7) is 0.792. The van der Waals surface area contributed by atoms with Crippen molar-refractivity contribution >= 4 is 17.7 Å². The third-order valence-corrected chi connectivity index (χ3v) is 3.21. The van der Waals surface area contributed by atoms with E-state index < -0.39 is 12.0 Å². The summed E-state index contributed by atoms with van der Waals surface area (Å²) >= 11 is 1.51. The SMILES string of the molecule is N[C@@H](CSC1CCCCO1)C(=O)O. The summed E-state index contributed by atoms with van der Waals surface area (Å²) in [5.74, 6) is -0.511. The molecule has 1 aliphatic heterocycles. The maximum absolute atomic E-state index is 10.4. The first-order valence-corrected chi connectivity index (χ1v) is 5.46. The van der Waals surface area contributed by atoms with Crippen LogP contribution >= 0.6 is 11.8 Å². The minimum absolute atomic E-state index is 0.152. The van der Waals surface area contributed by atoms with Gasteiger partial charge in [0.1, 0.15) is 11.5 Å². The first-order chi connectivity index (χ1) is 6.20. The van der Waals surface area contributed by atoms with E-state index in [-0.39, 0.29) is 5.44 Å². The monoisotopic (exact) mass is 205 g/mol. The number of rotatable bonds is 4. The van der Waals surface area contributed by atoms with Crippen LogP contribution in [0.25, 0.3) is 0 Å². The molecule has 0 spiro atoms. The molecule has 76 valence electrons. The molecule has 1 fully saturated rings. The number of hydrogen-bond donors (Lipinski definition) is 2. The van der Waals surface area contributed by atoms with Crippen LogP contribution in [0, 0.1) is 0 Å². The number of thioether (sulfide) groups is 1.